The third-order valence-electron chi connectivity index (χ3n) is 4.98. The molecule has 28 heavy (non-hydrogen) atoms. The first kappa shape index (κ1) is 20.7. The molecule has 1 heterocycles. The third kappa shape index (κ3) is 6.53. The molecule has 1 saturated heterocycles. The van der Waals surface area contributed by atoms with Gasteiger partial charge in [-0.1, -0.05) is 43.7 Å². The number of ether oxygens (including phenoxy) is 1. The van der Waals surface area contributed by atoms with Gasteiger partial charge in [-0.05, 0) is 49.1 Å². The number of piperidine rings is 1. The zero-order valence-electron chi connectivity index (χ0n) is 16.5. The normalized spacial score (nSPS) is 16.0. The molecule has 1 fully saturated rings. The second-order valence-electron chi connectivity index (χ2n) is 7.38. The zero-order valence-corrected chi connectivity index (χ0v) is 17.3. The fraction of sp³-hybridized carbons (Fsp3) is 0.455. The summed E-state index contributed by atoms with van der Waals surface area (Å²) in [6.07, 6.45) is 3.73. The predicted molar refractivity (Wildman–Crippen MR) is 114 cm³/mol. The van der Waals surface area contributed by atoms with E-state index >= 15 is 0 Å². The first-order valence-corrected chi connectivity index (χ1v) is 11.7. The van der Waals surface area contributed by atoms with Gasteiger partial charge < -0.3 is 4.74 Å². The van der Waals surface area contributed by atoms with Gasteiger partial charge in [-0.25, -0.2) is 8.42 Å². The fourth-order valence-corrected chi connectivity index (χ4v) is 4.65. The molecule has 0 aromatic heterocycles. The number of nitrogens with one attached hydrogen (secondary N) is 1. The van der Waals surface area contributed by atoms with E-state index < -0.39 is 10.0 Å². The number of likely N-dealkylation sites (tertiary alicyclic amines) is 1. The Labute approximate surface area is 168 Å². The average Bonchev–Trinajstić information content (AvgIpc) is 2.70. The molecule has 6 heteroatoms. The molecule has 2 aromatic rings. The summed E-state index contributed by atoms with van der Waals surface area (Å²) >= 11 is 0. The Hall–Kier alpha value is -2.05. The van der Waals surface area contributed by atoms with Crippen molar-refractivity contribution in [3.05, 3.63) is 60.2 Å². The van der Waals surface area contributed by atoms with E-state index in [0.717, 1.165) is 44.6 Å². The van der Waals surface area contributed by atoms with Crippen LogP contribution in [0.1, 0.15) is 38.2 Å². The number of hydrogen-bond acceptors (Lipinski definition) is 4. The SMILES string of the molecule is CCCCS(=O)(=O)Nc1ccc(OC2CCN(Cc3ccccc3)CC2)cc1. The topological polar surface area (TPSA) is 58.6 Å². The second-order valence-corrected chi connectivity index (χ2v) is 9.22. The number of rotatable bonds is 9. The zero-order chi connectivity index (χ0) is 19.8. The van der Waals surface area contributed by atoms with Gasteiger partial charge in [0, 0.05) is 25.3 Å². The number of unbranched alkanes of at least 4 members (excludes halogenated alkanes) is 1. The number of benzene rings is 2. The summed E-state index contributed by atoms with van der Waals surface area (Å²) < 4.78 is 32.7. The highest BCUT2D eigenvalue weighted by Crippen LogP contribution is 2.22. The minimum atomic E-state index is -3.27. The molecule has 1 N–H and O–H groups in total. The van der Waals surface area contributed by atoms with Crippen LogP contribution in [0, 0.1) is 0 Å². The van der Waals surface area contributed by atoms with Crippen molar-refractivity contribution in [2.45, 2.75) is 45.3 Å². The maximum atomic E-state index is 12.0. The van der Waals surface area contributed by atoms with Crippen molar-refractivity contribution < 1.29 is 13.2 Å². The fourth-order valence-electron chi connectivity index (χ4n) is 3.39. The number of sulfonamides is 1. The molecule has 0 aliphatic carbocycles. The average molecular weight is 403 g/mol. The first-order valence-electron chi connectivity index (χ1n) is 10.1. The molecule has 1 aliphatic rings. The summed E-state index contributed by atoms with van der Waals surface area (Å²) in [5.41, 5.74) is 1.93. The molecule has 0 atom stereocenters. The van der Waals surface area contributed by atoms with Crippen molar-refractivity contribution in [3.8, 4) is 5.75 Å². The Kier molecular flexibility index (Phi) is 7.34. The molecular weight excluding hydrogens is 372 g/mol. The van der Waals surface area contributed by atoms with Gasteiger partial charge in [0.2, 0.25) is 10.0 Å². The van der Waals surface area contributed by atoms with Crippen molar-refractivity contribution in [1.29, 1.82) is 0 Å². The lowest BCUT2D eigenvalue weighted by Gasteiger charge is -2.32. The van der Waals surface area contributed by atoms with E-state index in [9.17, 15) is 8.42 Å². The summed E-state index contributed by atoms with van der Waals surface area (Å²) in [4.78, 5) is 2.46. The lowest BCUT2D eigenvalue weighted by Crippen LogP contribution is -2.37. The highest BCUT2D eigenvalue weighted by Gasteiger charge is 2.20. The molecule has 0 unspecified atom stereocenters. The van der Waals surface area contributed by atoms with Crippen LogP contribution < -0.4 is 9.46 Å². The van der Waals surface area contributed by atoms with Crippen LogP contribution >= 0.6 is 0 Å². The first-order chi connectivity index (χ1) is 13.5. The van der Waals surface area contributed by atoms with E-state index in [1.54, 1.807) is 12.1 Å². The maximum Gasteiger partial charge on any atom is 0.232 e. The van der Waals surface area contributed by atoms with E-state index in [2.05, 4.69) is 33.9 Å². The third-order valence-corrected chi connectivity index (χ3v) is 6.35. The summed E-state index contributed by atoms with van der Waals surface area (Å²) in [6.45, 7) is 5.01. The van der Waals surface area contributed by atoms with Crippen LogP contribution in [0.5, 0.6) is 5.75 Å². The Morgan fingerprint density at radius 2 is 1.71 bits per heavy atom. The van der Waals surface area contributed by atoms with Crippen LogP contribution in [0.15, 0.2) is 54.6 Å². The highest BCUT2D eigenvalue weighted by atomic mass is 32.2. The van der Waals surface area contributed by atoms with Crippen LogP contribution in [0.25, 0.3) is 0 Å². The molecule has 152 valence electrons. The van der Waals surface area contributed by atoms with Gasteiger partial charge in [0.15, 0.2) is 0 Å². The molecule has 0 radical (unpaired) electrons. The summed E-state index contributed by atoms with van der Waals surface area (Å²) in [7, 11) is -3.27. The minimum absolute atomic E-state index is 0.156. The Balaban J connectivity index is 1.45. The number of hydrogen-bond donors (Lipinski definition) is 1. The van der Waals surface area contributed by atoms with E-state index in [-0.39, 0.29) is 11.9 Å². The van der Waals surface area contributed by atoms with Crippen LogP contribution in [-0.2, 0) is 16.6 Å². The van der Waals surface area contributed by atoms with Gasteiger partial charge in [0.05, 0.1) is 5.75 Å². The molecule has 3 rings (SSSR count). The smallest absolute Gasteiger partial charge is 0.232 e. The van der Waals surface area contributed by atoms with Gasteiger partial charge in [-0.2, -0.15) is 0 Å². The number of nitrogens with zero attached hydrogens (tertiary/aromatic N) is 1. The van der Waals surface area contributed by atoms with Crippen molar-refractivity contribution in [1.82, 2.24) is 4.90 Å². The molecule has 2 aromatic carbocycles. The molecule has 0 amide bonds. The molecule has 5 nitrogen and oxygen atoms in total. The monoisotopic (exact) mass is 402 g/mol. The number of anilines is 1. The van der Waals surface area contributed by atoms with E-state index in [4.69, 9.17) is 4.74 Å². The van der Waals surface area contributed by atoms with Gasteiger partial charge in [-0.15, -0.1) is 0 Å². The van der Waals surface area contributed by atoms with Crippen molar-refractivity contribution in [2.24, 2.45) is 0 Å². The van der Waals surface area contributed by atoms with Crippen molar-refractivity contribution in [2.75, 3.05) is 23.6 Å². The van der Waals surface area contributed by atoms with E-state index in [1.165, 1.54) is 5.56 Å². The predicted octanol–water partition coefficient (Wildman–Crippen LogP) is 4.27. The van der Waals surface area contributed by atoms with Crippen molar-refractivity contribution in [3.63, 3.8) is 0 Å². The van der Waals surface area contributed by atoms with Crippen LogP contribution in [-0.4, -0.2) is 38.3 Å². The molecule has 0 bridgehead atoms. The lowest BCUT2D eigenvalue weighted by molar-refractivity contribution is 0.0968. The molecular formula is C22H30N2O3S. The van der Waals surface area contributed by atoms with Gasteiger partial charge in [0.25, 0.3) is 0 Å². The maximum absolute atomic E-state index is 12.0. The van der Waals surface area contributed by atoms with Gasteiger partial charge >= 0.3 is 0 Å². The standard InChI is InChI=1S/C22H30N2O3S/c1-2-3-17-28(25,26)23-20-9-11-21(12-10-20)27-22-13-15-24(16-14-22)18-19-7-5-4-6-8-19/h4-12,22-23H,2-3,13-18H2,1H3. The van der Waals surface area contributed by atoms with Crippen LogP contribution in [0.4, 0.5) is 5.69 Å². The quantitative estimate of drug-likeness (QED) is 0.680. The van der Waals surface area contributed by atoms with Crippen LogP contribution in [0.2, 0.25) is 0 Å². The summed E-state index contributed by atoms with van der Waals surface area (Å²) in [6, 6.07) is 17.8. The molecule has 1 aliphatic heterocycles. The summed E-state index contributed by atoms with van der Waals surface area (Å²) in [5.74, 6) is 0.946. The van der Waals surface area contributed by atoms with Gasteiger partial charge in [0.1, 0.15) is 11.9 Å². The van der Waals surface area contributed by atoms with Gasteiger partial charge in [-0.3, -0.25) is 9.62 Å². The Bertz CT molecular complexity index is 815. The lowest BCUT2D eigenvalue weighted by atomic mass is 10.1. The Morgan fingerprint density at radius 1 is 1.04 bits per heavy atom. The molecule has 0 saturated carbocycles. The largest absolute Gasteiger partial charge is 0.490 e. The second kappa shape index (κ2) is 9.94. The minimum Gasteiger partial charge on any atom is -0.490 e. The molecule has 0 spiro atoms. The van der Waals surface area contributed by atoms with E-state index in [1.807, 2.05) is 25.1 Å². The van der Waals surface area contributed by atoms with Crippen molar-refractivity contribution >= 4 is 15.7 Å². The Morgan fingerprint density at radius 3 is 2.36 bits per heavy atom. The van der Waals surface area contributed by atoms with Crippen LogP contribution in [0.3, 0.4) is 0 Å². The highest BCUT2D eigenvalue weighted by molar-refractivity contribution is 7.92. The summed E-state index contributed by atoms with van der Waals surface area (Å²) in [5, 5.41) is 0. The van der Waals surface area contributed by atoms with E-state index in [0.29, 0.717) is 12.1 Å².